The second kappa shape index (κ2) is 4.70. The number of nitrogens with zero attached hydrogens (tertiary/aromatic N) is 1. The van der Waals surface area contributed by atoms with Gasteiger partial charge in [0.05, 0.1) is 15.0 Å². The number of ether oxygens (including phenoxy) is 1. The predicted molar refractivity (Wildman–Crippen MR) is 60.3 cm³/mol. The third-order valence-electron chi connectivity index (χ3n) is 2.51. The van der Waals surface area contributed by atoms with Crippen LogP contribution in [0.25, 0.3) is 0 Å². The van der Waals surface area contributed by atoms with Crippen molar-refractivity contribution in [3.8, 4) is 0 Å². The van der Waals surface area contributed by atoms with E-state index in [1.807, 2.05) is 5.51 Å². The highest BCUT2D eigenvalue weighted by Crippen LogP contribution is 2.30. The lowest BCUT2D eigenvalue weighted by atomic mass is 9.98. The molecule has 5 heteroatoms. The highest BCUT2D eigenvalue weighted by Gasteiger charge is 2.21. The second-order valence-corrected chi connectivity index (χ2v) is 5.76. The molecule has 1 aliphatic heterocycles. The average Bonchev–Trinajstić information content (AvgIpc) is 2.75. The zero-order valence-electron chi connectivity index (χ0n) is 7.78. The van der Waals surface area contributed by atoms with Crippen LogP contribution in [-0.4, -0.2) is 18.2 Å². The first-order valence-corrected chi connectivity index (χ1v) is 6.37. The Morgan fingerprint density at radius 2 is 2.64 bits per heavy atom. The van der Waals surface area contributed by atoms with Gasteiger partial charge in [0.25, 0.3) is 0 Å². The van der Waals surface area contributed by atoms with Gasteiger partial charge in [-0.25, -0.2) is 4.98 Å². The Morgan fingerprint density at radius 3 is 3.21 bits per heavy atom. The summed E-state index contributed by atoms with van der Waals surface area (Å²) in [5.41, 5.74) is 8.89. The Morgan fingerprint density at radius 1 is 1.79 bits per heavy atom. The smallest absolute Gasteiger partial charge is 0.0945 e. The normalized spacial score (nSPS) is 24.0. The summed E-state index contributed by atoms with van der Waals surface area (Å²) in [4.78, 5) is 4.26. The SMILES string of the molecule is NC(CC1CCOC1)c1ncsc1Br. The van der Waals surface area contributed by atoms with Gasteiger partial charge in [-0.1, -0.05) is 0 Å². The van der Waals surface area contributed by atoms with E-state index < -0.39 is 0 Å². The Bertz CT molecular complexity index is 299. The van der Waals surface area contributed by atoms with Crippen LogP contribution in [0.3, 0.4) is 0 Å². The molecule has 0 bridgehead atoms. The maximum absolute atomic E-state index is 6.08. The number of hydrogen-bond acceptors (Lipinski definition) is 4. The number of rotatable bonds is 3. The van der Waals surface area contributed by atoms with Gasteiger partial charge in [0.15, 0.2) is 0 Å². The topological polar surface area (TPSA) is 48.1 Å². The van der Waals surface area contributed by atoms with E-state index in [1.54, 1.807) is 11.3 Å². The van der Waals surface area contributed by atoms with Gasteiger partial charge in [-0.3, -0.25) is 0 Å². The Labute approximate surface area is 95.8 Å². The van der Waals surface area contributed by atoms with Crippen LogP contribution in [0, 0.1) is 5.92 Å². The molecule has 2 unspecified atom stereocenters. The lowest BCUT2D eigenvalue weighted by molar-refractivity contribution is 0.182. The van der Waals surface area contributed by atoms with E-state index in [1.165, 1.54) is 0 Å². The molecule has 0 aliphatic carbocycles. The second-order valence-electron chi connectivity index (χ2n) is 3.58. The minimum absolute atomic E-state index is 0.0438. The molecule has 1 aromatic heterocycles. The van der Waals surface area contributed by atoms with Gasteiger partial charge in [0.2, 0.25) is 0 Å². The van der Waals surface area contributed by atoms with Crippen LogP contribution in [0.15, 0.2) is 9.30 Å². The zero-order chi connectivity index (χ0) is 9.97. The molecule has 0 radical (unpaired) electrons. The van der Waals surface area contributed by atoms with Gasteiger partial charge in [-0.2, -0.15) is 0 Å². The summed E-state index contributed by atoms with van der Waals surface area (Å²) in [5.74, 6) is 0.610. The quantitative estimate of drug-likeness (QED) is 0.922. The van der Waals surface area contributed by atoms with Crippen molar-refractivity contribution >= 4 is 27.3 Å². The van der Waals surface area contributed by atoms with E-state index in [0.717, 1.165) is 35.5 Å². The summed E-state index contributed by atoms with van der Waals surface area (Å²) in [6, 6.07) is 0.0438. The molecule has 1 fully saturated rings. The molecule has 0 saturated carbocycles. The van der Waals surface area contributed by atoms with Crippen LogP contribution in [0.5, 0.6) is 0 Å². The summed E-state index contributed by atoms with van der Waals surface area (Å²) in [7, 11) is 0. The first kappa shape index (κ1) is 10.5. The lowest BCUT2D eigenvalue weighted by Crippen LogP contribution is -2.16. The molecule has 0 aromatic carbocycles. The van der Waals surface area contributed by atoms with Crippen molar-refractivity contribution in [1.82, 2.24) is 4.98 Å². The van der Waals surface area contributed by atoms with Crippen LogP contribution in [0.4, 0.5) is 0 Å². The number of hydrogen-bond donors (Lipinski definition) is 1. The third-order valence-corrected chi connectivity index (χ3v) is 4.11. The van der Waals surface area contributed by atoms with Crippen molar-refractivity contribution in [3.05, 3.63) is 15.0 Å². The van der Waals surface area contributed by atoms with Gasteiger partial charge in [-0.15, -0.1) is 11.3 Å². The molecule has 2 N–H and O–H groups in total. The fourth-order valence-electron chi connectivity index (χ4n) is 1.72. The number of thiazole rings is 1. The van der Waals surface area contributed by atoms with Crippen molar-refractivity contribution in [1.29, 1.82) is 0 Å². The molecule has 1 aliphatic rings. The summed E-state index contributed by atoms with van der Waals surface area (Å²) >= 11 is 5.05. The molecule has 3 nitrogen and oxygen atoms in total. The molecule has 2 atom stereocenters. The molecule has 14 heavy (non-hydrogen) atoms. The Balaban J connectivity index is 1.95. The first-order chi connectivity index (χ1) is 6.77. The first-order valence-electron chi connectivity index (χ1n) is 4.69. The van der Waals surface area contributed by atoms with Gasteiger partial charge in [0.1, 0.15) is 0 Å². The van der Waals surface area contributed by atoms with Gasteiger partial charge < -0.3 is 10.5 Å². The van der Waals surface area contributed by atoms with Crippen LogP contribution in [0.1, 0.15) is 24.6 Å². The molecule has 2 rings (SSSR count). The highest BCUT2D eigenvalue weighted by molar-refractivity contribution is 9.11. The monoisotopic (exact) mass is 276 g/mol. The molecular weight excluding hydrogens is 264 g/mol. The van der Waals surface area contributed by atoms with Crippen LogP contribution in [0.2, 0.25) is 0 Å². The van der Waals surface area contributed by atoms with Gasteiger partial charge in [0, 0.05) is 19.3 Å². The largest absolute Gasteiger partial charge is 0.381 e. The number of aromatic nitrogens is 1. The van der Waals surface area contributed by atoms with E-state index in [2.05, 4.69) is 20.9 Å². The summed E-state index contributed by atoms with van der Waals surface area (Å²) in [6.07, 6.45) is 2.11. The number of nitrogens with two attached hydrogens (primary N) is 1. The van der Waals surface area contributed by atoms with Crippen LogP contribution >= 0.6 is 27.3 Å². The van der Waals surface area contributed by atoms with Crippen molar-refractivity contribution in [3.63, 3.8) is 0 Å². The standard InChI is InChI=1S/C9H13BrN2OS/c10-9-8(12-5-14-9)7(11)3-6-1-2-13-4-6/h5-7H,1-4,11H2. The predicted octanol–water partition coefficient (Wildman–Crippen LogP) is 2.33. The fraction of sp³-hybridized carbons (Fsp3) is 0.667. The van der Waals surface area contributed by atoms with Gasteiger partial charge in [-0.05, 0) is 34.7 Å². The minimum Gasteiger partial charge on any atom is -0.381 e. The lowest BCUT2D eigenvalue weighted by Gasteiger charge is -2.13. The van der Waals surface area contributed by atoms with E-state index >= 15 is 0 Å². The zero-order valence-corrected chi connectivity index (χ0v) is 10.2. The molecular formula is C9H13BrN2OS. The Kier molecular flexibility index (Phi) is 3.54. The van der Waals surface area contributed by atoms with Gasteiger partial charge >= 0.3 is 0 Å². The van der Waals surface area contributed by atoms with Crippen molar-refractivity contribution < 1.29 is 4.74 Å². The highest BCUT2D eigenvalue weighted by atomic mass is 79.9. The molecule has 0 spiro atoms. The molecule has 78 valence electrons. The maximum atomic E-state index is 6.08. The van der Waals surface area contributed by atoms with E-state index in [0.29, 0.717) is 5.92 Å². The fourth-order valence-corrected chi connectivity index (χ4v) is 2.95. The molecule has 1 aromatic rings. The summed E-state index contributed by atoms with van der Waals surface area (Å²) in [6.45, 7) is 1.74. The average molecular weight is 277 g/mol. The Hall–Kier alpha value is 0.0300. The molecule has 0 amide bonds. The van der Waals surface area contributed by atoms with Crippen LogP contribution < -0.4 is 5.73 Å². The van der Waals surface area contributed by atoms with E-state index in [9.17, 15) is 0 Å². The van der Waals surface area contributed by atoms with Crippen molar-refractivity contribution in [2.75, 3.05) is 13.2 Å². The molecule has 1 saturated heterocycles. The molecule has 2 heterocycles. The number of halogens is 1. The summed E-state index contributed by atoms with van der Waals surface area (Å²) < 4.78 is 6.38. The summed E-state index contributed by atoms with van der Waals surface area (Å²) in [5, 5.41) is 0. The maximum Gasteiger partial charge on any atom is 0.0945 e. The van der Waals surface area contributed by atoms with Crippen molar-refractivity contribution in [2.24, 2.45) is 11.7 Å². The van der Waals surface area contributed by atoms with E-state index in [4.69, 9.17) is 10.5 Å². The van der Waals surface area contributed by atoms with E-state index in [-0.39, 0.29) is 6.04 Å². The third kappa shape index (κ3) is 2.34. The van der Waals surface area contributed by atoms with Crippen LogP contribution in [-0.2, 0) is 4.74 Å². The minimum atomic E-state index is 0.0438. The van der Waals surface area contributed by atoms with Crippen molar-refractivity contribution in [2.45, 2.75) is 18.9 Å².